The van der Waals surface area contributed by atoms with Crippen LogP contribution in [0.4, 0.5) is 0 Å². The van der Waals surface area contributed by atoms with Gasteiger partial charge >= 0.3 is 0 Å². The normalized spacial score (nSPS) is 25.1. The molecule has 19 heavy (non-hydrogen) atoms. The minimum atomic E-state index is 0.408. The minimum Gasteiger partial charge on any atom is -0.342 e. The lowest BCUT2D eigenvalue weighted by Gasteiger charge is -2.34. The van der Waals surface area contributed by atoms with Crippen LogP contribution in [0.2, 0.25) is 0 Å². The van der Waals surface area contributed by atoms with Crippen molar-refractivity contribution in [3.8, 4) is 0 Å². The highest BCUT2D eigenvalue weighted by molar-refractivity contribution is 5.80. The summed E-state index contributed by atoms with van der Waals surface area (Å²) in [5.41, 5.74) is 0. The van der Waals surface area contributed by atoms with Gasteiger partial charge in [0.25, 0.3) is 0 Å². The third-order valence-corrected chi connectivity index (χ3v) is 5.15. The Bertz CT molecular complexity index is 303. The van der Waals surface area contributed by atoms with E-state index in [1.807, 2.05) is 0 Å². The molecule has 0 unspecified atom stereocenters. The van der Waals surface area contributed by atoms with Crippen LogP contribution in [0.5, 0.6) is 0 Å². The van der Waals surface area contributed by atoms with Crippen LogP contribution in [0, 0.1) is 23.7 Å². The summed E-state index contributed by atoms with van der Waals surface area (Å²) < 4.78 is 0. The summed E-state index contributed by atoms with van der Waals surface area (Å²) in [6.45, 7) is 6.36. The fourth-order valence-electron chi connectivity index (χ4n) is 3.62. The van der Waals surface area contributed by atoms with Crippen molar-refractivity contribution in [1.29, 1.82) is 0 Å². The van der Waals surface area contributed by atoms with Gasteiger partial charge in [-0.1, -0.05) is 6.92 Å². The molecule has 108 valence electrons. The molecule has 0 radical (unpaired) electrons. The molecule has 3 aliphatic rings. The van der Waals surface area contributed by atoms with Crippen molar-refractivity contribution in [3.63, 3.8) is 0 Å². The van der Waals surface area contributed by atoms with Crippen molar-refractivity contribution in [2.24, 2.45) is 23.7 Å². The van der Waals surface area contributed by atoms with Gasteiger partial charge in [0.1, 0.15) is 0 Å². The van der Waals surface area contributed by atoms with Gasteiger partial charge in [-0.15, -0.1) is 0 Å². The number of piperidine rings is 1. The lowest BCUT2D eigenvalue weighted by molar-refractivity contribution is -0.138. The Morgan fingerprint density at radius 1 is 1.11 bits per heavy atom. The number of hydrogen-bond acceptors (Lipinski definition) is 2. The van der Waals surface area contributed by atoms with E-state index in [2.05, 4.69) is 17.1 Å². The van der Waals surface area contributed by atoms with Crippen LogP contribution in [0.3, 0.4) is 0 Å². The Hall–Kier alpha value is -0.570. The van der Waals surface area contributed by atoms with Gasteiger partial charge in [-0.05, 0) is 69.4 Å². The number of rotatable bonds is 6. The number of amides is 1. The smallest absolute Gasteiger partial charge is 0.226 e. The highest BCUT2D eigenvalue weighted by Gasteiger charge is 2.47. The van der Waals surface area contributed by atoms with E-state index >= 15 is 0 Å². The third kappa shape index (κ3) is 3.31. The summed E-state index contributed by atoms with van der Waals surface area (Å²) in [7, 11) is 0. The SMILES string of the molecule is CCNCC1CCN(C(=O)C(C2CC2)C2CC2)CC1. The molecule has 2 aliphatic carbocycles. The average molecular weight is 264 g/mol. The molecular formula is C16H28N2O. The molecule has 0 aromatic heterocycles. The Morgan fingerprint density at radius 2 is 1.68 bits per heavy atom. The Labute approximate surface area is 117 Å². The van der Waals surface area contributed by atoms with Gasteiger partial charge < -0.3 is 10.2 Å². The second-order valence-corrected chi connectivity index (χ2v) is 6.78. The molecule has 3 rings (SSSR count). The molecule has 0 bridgehead atoms. The van der Waals surface area contributed by atoms with Gasteiger partial charge in [0.2, 0.25) is 5.91 Å². The molecule has 1 N–H and O–H groups in total. The Balaban J connectivity index is 1.48. The molecular weight excluding hydrogens is 236 g/mol. The van der Waals surface area contributed by atoms with Crippen molar-refractivity contribution < 1.29 is 4.79 Å². The molecule has 0 aromatic rings. The number of likely N-dealkylation sites (tertiary alicyclic amines) is 1. The summed E-state index contributed by atoms with van der Waals surface area (Å²) in [4.78, 5) is 14.9. The van der Waals surface area contributed by atoms with Gasteiger partial charge in [-0.3, -0.25) is 4.79 Å². The largest absolute Gasteiger partial charge is 0.342 e. The highest BCUT2D eigenvalue weighted by Crippen LogP contribution is 2.50. The lowest BCUT2D eigenvalue weighted by Crippen LogP contribution is -2.44. The second-order valence-electron chi connectivity index (χ2n) is 6.78. The first-order chi connectivity index (χ1) is 9.29. The topological polar surface area (TPSA) is 32.3 Å². The van der Waals surface area contributed by atoms with Crippen LogP contribution in [0.15, 0.2) is 0 Å². The van der Waals surface area contributed by atoms with Crippen molar-refractivity contribution in [2.75, 3.05) is 26.2 Å². The van der Waals surface area contributed by atoms with Crippen LogP contribution in [0.1, 0.15) is 45.4 Å². The molecule has 1 heterocycles. The second kappa shape index (κ2) is 5.82. The molecule has 3 heteroatoms. The van der Waals surface area contributed by atoms with E-state index in [0.717, 1.165) is 43.9 Å². The third-order valence-electron chi connectivity index (χ3n) is 5.15. The summed E-state index contributed by atoms with van der Waals surface area (Å²) in [5, 5.41) is 3.44. The summed E-state index contributed by atoms with van der Waals surface area (Å²) >= 11 is 0. The zero-order chi connectivity index (χ0) is 13.2. The van der Waals surface area contributed by atoms with E-state index in [1.54, 1.807) is 0 Å². The van der Waals surface area contributed by atoms with Crippen molar-refractivity contribution in [1.82, 2.24) is 10.2 Å². The zero-order valence-corrected chi connectivity index (χ0v) is 12.2. The zero-order valence-electron chi connectivity index (χ0n) is 12.2. The first-order valence-corrected chi connectivity index (χ1v) is 8.29. The summed E-state index contributed by atoms with van der Waals surface area (Å²) in [5.74, 6) is 3.19. The lowest BCUT2D eigenvalue weighted by atomic mass is 9.92. The average Bonchev–Trinajstić information content (AvgIpc) is 3.31. The number of hydrogen-bond donors (Lipinski definition) is 1. The molecule has 1 aliphatic heterocycles. The van der Waals surface area contributed by atoms with Gasteiger partial charge in [0.15, 0.2) is 0 Å². The minimum absolute atomic E-state index is 0.408. The number of carbonyl (C=O) groups is 1. The summed E-state index contributed by atoms with van der Waals surface area (Å²) in [6, 6.07) is 0. The first-order valence-electron chi connectivity index (χ1n) is 8.29. The van der Waals surface area contributed by atoms with Crippen LogP contribution >= 0.6 is 0 Å². The maximum atomic E-state index is 12.7. The van der Waals surface area contributed by atoms with Crippen LogP contribution in [-0.4, -0.2) is 37.0 Å². The monoisotopic (exact) mass is 264 g/mol. The number of nitrogens with zero attached hydrogens (tertiary/aromatic N) is 1. The molecule has 2 saturated carbocycles. The van der Waals surface area contributed by atoms with Crippen LogP contribution in [-0.2, 0) is 4.79 Å². The Kier molecular flexibility index (Phi) is 4.11. The van der Waals surface area contributed by atoms with E-state index < -0.39 is 0 Å². The van der Waals surface area contributed by atoms with Crippen molar-refractivity contribution in [3.05, 3.63) is 0 Å². The standard InChI is InChI=1S/C16H28N2O/c1-2-17-11-12-7-9-18(10-8-12)16(19)15(13-3-4-13)14-5-6-14/h12-15,17H,2-11H2,1H3. The van der Waals surface area contributed by atoms with E-state index in [9.17, 15) is 4.79 Å². The van der Waals surface area contributed by atoms with Crippen molar-refractivity contribution in [2.45, 2.75) is 45.4 Å². The van der Waals surface area contributed by atoms with Gasteiger partial charge in [0, 0.05) is 19.0 Å². The predicted octanol–water partition coefficient (Wildman–Crippen LogP) is 2.27. The van der Waals surface area contributed by atoms with E-state index in [4.69, 9.17) is 0 Å². The fourth-order valence-corrected chi connectivity index (χ4v) is 3.62. The molecule has 1 amide bonds. The van der Waals surface area contributed by atoms with Crippen molar-refractivity contribution >= 4 is 5.91 Å². The predicted molar refractivity (Wildman–Crippen MR) is 76.8 cm³/mol. The van der Waals surface area contributed by atoms with Gasteiger partial charge in [0.05, 0.1) is 0 Å². The number of carbonyl (C=O) groups excluding carboxylic acids is 1. The van der Waals surface area contributed by atoms with Crippen LogP contribution < -0.4 is 5.32 Å². The van der Waals surface area contributed by atoms with Gasteiger partial charge in [-0.25, -0.2) is 0 Å². The number of nitrogens with one attached hydrogen (secondary N) is 1. The van der Waals surface area contributed by atoms with Crippen LogP contribution in [0.25, 0.3) is 0 Å². The highest BCUT2D eigenvalue weighted by atomic mass is 16.2. The molecule has 1 saturated heterocycles. The maximum absolute atomic E-state index is 12.7. The molecule has 0 atom stereocenters. The maximum Gasteiger partial charge on any atom is 0.226 e. The molecule has 3 nitrogen and oxygen atoms in total. The first kappa shape index (κ1) is 13.4. The molecule has 0 aromatic carbocycles. The van der Waals surface area contributed by atoms with E-state index in [0.29, 0.717) is 11.8 Å². The van der Waals surface area contributed by atoms with Gasteiger partial charge in [-0.2, -0.15) is 0 Å². The van der Waals surface area contributed by atoms with E-state index in [1.165, 1.54) is 38.5 Å². The molecule has 3 fully saturated rings. The fraction of sp³-hybridized carbons (Fsp3) is 0.938. The van der Waals surface area contributed by atoms with E-state index in [-0.39, 0.29) is 0 Å². The molecule has 0 spiro atoms. The quantitative estimate of drug-likeness (QED) is 0.798. The Morgan fingerprint density at radius 3 is 2.16 bits per heavy atom. The summed E-state index contributed by atoms with van der Waals surface area (Å²) in [6.07, 6.45) is 7.63.